The maximum Gasteiger partial charge on any atom is 0.307 e. The third-order valence-electron chi connectivity index (χ3n) is 2.63. The van der Waals surface area contributed by atoms with Crippen molar-refractivity contribution in [3.05, 3.63) is 29.8 Å². The van der Waals surface area contributed by atoms with Gasteiger partial charge in [0, 0.05) is 0 Å². The van der Waals surface area contributed by atoms with E-state index >= 15 is 0 Å². The van der Waals surface area contributed by atoms with E-state index in [9.17, 15) is 4.79 Å². The molecule has 1 fully saturated rings. The first-order valence-corrected chi connectivity index (χ1v) is 4.59. The van der Waals surface area contributed by atoms with Gasteiger partial charge in [-0.15, -0.1) is 0 Å². The molecule has 1 saturated carbocycles. The molecule has 0 amide bonds. The van der Waals surface area contributed by atoms with Gasteiger partial charge in [0.05, 0.1) is 13.0 Å². The molecule has 2 rings (SSSR count). The molecule has 0 radical (unpaired) electrons. The predicted octanol–water partition coefficient (Wildman–Crippen LogP) is 1.88. The molecule has 1 aliphatic rings. The number of rotatable bonds is 3. The van der Waals surface area contributed by atoms with Crippen molar-refractivity contribution >= 4 is 5.97 Å². The number of carboxylic acid groups (broad SMARTS) is 1. The number of methoxy groups -OCH3 is 1. The molecule has 1 aromatic carbocycles. The van der Waals surface area contributed by atoms with Crippen molar-refractivity contribution in [2.24, 2.45) is 5.92 Å². The Hall–Kier alpha value is -1.51. The minimum absolute atomic E-state index is 0.183. The van der Waals surface area contributed by atoms with E-state index in [-0.39, 0.29) is 11.8 Å². The van der Waals surface area contributed by atoms with Crippen LogP contribution in [0.5, 0.6) is 5.75 Å². The summed E-state index contributed by atoms with van der Waals surface area (Å²) in [4.78, 5) is 10.7. The van der Waals surface area contributed by atoms with Crippen molar-refractivity contribution in [3.8, 4) is 5.75 Å². The standard InChI is InChI=1S/C11H12O3/c1-14-8-4-2-3-7(5-8)9-6-10(9)11(12)13/h2-5,9-10H,6H2,1H3,(H,12,13)/t9-,10+/m0/s1. The maximum atomic E-state index is 10.7. The molecule has 0 bridgehead atoms. The molecule has 0 heterocycles. The summed E-state index contributed by atoms with van der Waals surface area (Å²) in [7, 11) is 1.61. The van der Waals surface area contributed by atoms with Crippen molar-refractivity contribution in [1.82, 2.24) is 0 Å². The van der Waals surface area contributed by atoms with Crippen LogP contribution in [0, 0.1) is 5.92 Å². The molecule has 3 heteroatoms. The first kappa shape index (κ1) is 9.06. The number of aliphatic carboxylic acids is 1. The highest BCUT2D eigenvalue weighted by atomic mass is 16.5. The van der Waals surface area contributed by atoms with Gasteiger partial charge in [-0.3, -0.25) is 4.79 Å². The van der Waals surface area contributed by atoms with Crippen molar-refractivity contribution in [2.45, 2.75) is 12.3 Å². The molecule has 0 spiro atoms. The van der Waals surface area contributed by atoms with E-state index in [1.807, 2.05) is 24.3 Å². The lowest BCUT2D eigenvalue weighted by Gasteiger charge is -2.02. The van der Waals surface area contributed by atoms with E-state index in [4.69, 9.17) is 9.84 Å². The summed E-state index contributed by atoms with van der Waals surface area (Å²) in [6.45, 7) is 0. The smallest absolute Gasteiger partial charge is 0.307 e. The van der Waals surface area contributed by atoms with Crippen LogP contribution < -0.4 is 4.74 Å². The fraction of sp³-hybridized carbons (Fsp3) is 0.364. The monoisotopic (exact) mass is 192 g/mol. The van der Waals surface area contributed by atoms with Crippen molar-refractivity contribution in [1.29, 1.82) is 0 Å². The Bertz CT molecular complexity index is 359. The van der Waals surface area contributed by atoms with Gasteiger partial charge in [0.1, 0.15) is 5.75 Å². The average molecular weight is 192 g/mol. The molecule has 14 heavy (non-hydrogen) atoms. The second kappa shape index (κ2) is 3.33. The summed E-state index contributed by atoms with van der Waals surface area (Å²) in [6.07, 6.45) is 0.752. The molecule has 0 saturated heterocycles. The molecule has 1 aromatic rings. The van der Waals surface area contributed by atoms with Crippen LogP contribution in [-0.4, -0.2) is 18.2 Å². The van der Waals surface area contributed by atoms with Crippen LogP contribution in [-0.2, 0) is 4.79 Å². The van der Waals surface area contributed by atoms with E-state index in [1.165, 1.54) is 0 Å². The summed E-state index contributed by atoms with van der Waals surface area (Å²) >= 11 is 0. The summed E-state index contributed by atoms with van der Waals surface area (Å²) in [5.41, 5.74) is 1.07. The van der Waals surface area contributed by atoms with Gasteiger partial charge >= 0.3 is 5.97 Å². The predicted molar refractivity (Wildman–Crippen MR) is 51.5 cm³/mol. The Morgan fingerprint density at radius 1 is 1.57 bits per heavy atom. The quantitative estimate of drug-likeness (QED) is 0.795. The number of ether oxygens (including phenoxy) is 1. The first-order chi connectivity index (χ1) is 6.72. The summed E-state index contributed by atoms with van der Waals surface area (Å²) < 4.78 is 5.08. The number of hydrogen-bond donors (Lipinski definition) is 1. The highest BCUT2D eigenvalue weighted by molar-refractivity contribution is 5.75. The van der Waals surface area contributed by atoms with Gasteiger partial charge in [0.15, 0.2) is 0 Å². The van der Waals surface area contributed by atoms with E-state index in [0.29, 0.717) is 0 Å². The maximum absolute atomic E-state index is 10.7. The lowest BCUT2D eigenvalue weighted by atomic mass is 10.1. The molecular weight excluding hydrogens is 180 g/mol. The van der Waals surface area contributed by atoms with Crippen LogP contribution in [0.1, 0.15) is 17.9 Å². The fourth-order valence-electron chi connectivity index (χ4n) is 1.71. The minimum Gasteiger partial charge on any atom is -0.497 e. The Kier molecular flexibility index (Phi) is 2.15. The van der Waals surface area contributed by atoms with Crippen molar-refractivity contribution < 1.29 is 14.6 Å². The number of benzene rings is 1. The second-order valence-corrected chi connectivity index (χ2v) is 3.56. The Labute approximate surface area is 82.3 Å². The molecule has 0 unspecified atom stereocenters. The van der Waals surface area contributed by atoms with E-state index < -0.39 is 5.97 Å². The molecule has 74 valence electrons. The van der Waals surface area contributed by atoms with Gasteiger partial charge < -0.3 is 9.84 Å². The molecule has 0 aromatic heterocycles. The zero-order chi connectivity index (χ0) is 10.1. The fourth-order valence-corrected chi connectivity index (χ4v) is 1.71. The zero-order valence-electron chi connectivity index (χ0n) is 7.93. The third kappa shape index (κ3) is 1.58. The molecule has 1 aliphatic carbocycles. The van der Waals surface area contributed by atoms with E-state index in [0.717, 1.165) is 17.7 Å². The van der Waals surface area contributed by atoms with Crippen molar-refractivity contribution in [3.63, 3.8) is 0 Å². The molecule has 3 nitrogen and oxygen atoms in total. The van der Waals surface area contributed by atoms with Crippen LogP contribution in [0.3, 0.4) is 0 Å². The van der Waals surface area contributed by atoms with Crippen LogP contribution in [0.2, 0.25) is 0 Å². The van der Waals surface area contributed by atoms with Crippen LogP contribution in [0.4, 0.5) is 0 Å². The highest BCUT2D eigenvalue weighted by Gasteiger charge is 2.44. The first-order valence-electron chi connectivity index (χ1n) is 4.59. The van der Waals surface area contributed by atoms with Crippen LogP contribution in [0.25, 0.3) is 0 Å². The Morgan fingerprint density at radius 2 is 2.36 bits per heavy atom. The average Bonchev–Trinajstić information content (AvgIpc) is 2.97. The topological polar surface area (TPSA) is 46.5 Å². The molecule has 0 aliphatic heterocycles. The normalized spacial score (nSPS) is 24.4. The zero-order valence-corrected chi connectivity index (χ0v) is 7.93. The third-order valence-corrected chi connectivity index (χ3v) is 2.63. The van der Waals surface area contributed by atoms with E-state index in [1.54, 1.807) is 7.11 Å². The molecular formula is C11H12O3. The number of hydrogen-bond acceptors (Lipinski definition) is 2. The second-order valence-electron chi connectivity index (χ2n) is 3.56. The highest BCUT2D eigenvalue weighted by Crippen LogP contribution is 2.48. The summed E-state index contributed by atoms with van der Waals surface area (Å²) in [5, 5.41) is 8.78. The van der Waals surface area contributed by atoms with Crippen LogP contribution in [0.15, 0.2) is 24.3 Å². The lowest BCUT2D eigenvalue weighted by Crippen LogP contribution is -1.98. The minimum atomic E-state index is -0.696. The summed E-state index contributed by atoms with van der Waals surface area (Å²) in [6, 6.07) is 7.62. The summed E-state index contributed by atoms with van der Waals surface area (Å²) in [5.74, 6) is 0.0843. The Balaban J connectivity index is 2.15. The van der Waals surface area contributed by atoms with Gasteiger partial charge in [-0.1, -0.05) is 12.1 Å². The molecule has 2 atom stereocenters. The van der Waals surface area contributed by atoms with Gasteiger partial charge in [-0.05, 0) is 30.0 Å². The molecule has 1 N–H and O–H groups in total. The van der Waals surface area contributed by atoms with Gasteiger partial charge in [-0.25, -0.2) is 0 Å². The SMILES string of the molecule is COc1cccc([C@@H]2C[C@H]2C(=O)O)c1. The van der Waals surface area contributed by atoms with Crippen LogP contribution >= 0.6 is 0 Å². The Morgan fingerprint density at radius 3 is 2.93 bits per heavy atom. The van der Waals surface area contributed by atoms with Gasteiger partial charge in [0.2, 0.25) is 0 Å². The lowest BCUT2D eigenvalue weighted by molar-refractivity contribution is -0.138. The van der Waals surface area contributed by atoms with E-state index in [2.05, 4.69) is 0 Å². The van der Waals surface area contributed by atoms with Gasteiger partial charge in [-0.2, -0.15) is 0 Å². The largest absolute Gasteiger partial charge is 0.497 e. The van der Waals surface area contributed by atoms with Gasteiger partial charge in [0.25, 0.3) is 0 Å². The van der Waals surface area contributed by atoms with Crippen molar-refractivity contribution in [2.75, 3.05) is 7.11 Å². The number of carboxylic acids is 1. The number of carbonyl (C=O) groups is 1.